The first-order chi connectivity index (χ1) is 34.1. The number of esters is 2. The maximum Gasteiger partial charge on any atom is 0.361 e. The molecule has 0 aromatic rings. The minimum atomic E-state index is -1.50. The van der Waals surface area contributed by atoms with Crippen molar-refractivity contribution in [1.29, 1.82) is 0 Å². The standard InChI is InChI=1S/C61H119NO8/c1-6-8-10-12-14-16-18-19-20-21-22-23-24-25-26-27-28-29-30-31-32-33-34-35-36-37-38-39-40-41-42-44-46-48-50-52-59(64)70-57(56-69-61(60(65)66)67-54-53-62(3,4)5)55-68-58(63)51-49-47-45-43-17-15-13-11-9-7-2/h57,61H,6-56H2,1-5H3/p+1. The molecule has 416 valence electrons. The molecule has 0 aromatic heterocycles. The van der Waals surface area contributed by atoms with E-state index in [2.05, 4.69) is 13.8 Å². The molecule has 0 rings (SSSR count). The van der Waals surface area contributed by atoms with Crippen molar-refractivity contribution in [3.63, 3.8) is 0 Å². The van der Waals surface area contributed by atoms with Crippen LogP contribution in [-0.4, -0.2) is 87.4 Å². The van der Waals surface area contributed by atoms with E-state index in [1.165, 1.54) is 250 Å². The Bertz CT molecular complexity index is 1110. The molecule has 0 aliphatic carbocycles. The van der Waals surface area contributed by atoms with Gasteiger partial charge in [-0.15, -0.1) is 0 Å². The summed E-state index contributed by atoms with van der Waals surface area (Å²) in [6.45, 7) is 4.92. The van der Waals surface area contributed by atoms with Crippen LogP contribution in [0.15, 0.2) is 0 Å². The molecule has 9 heteroatoms. The lowest BCUT2D eigenvalue weighted by Crippen LogP contribution is -2.40. The van der Waals surface area contributed by atoms with E-state index < -0.39 is 18.4 Å². The highest BCUT2D eigenvalue weighted by Crippen LogP contribution is 2.18. The highest BCUT2D eigenvalue weighted by Gasteiger charge is 2.25. The van der Waals surface area contributed by atoms with E-state index in [4.69, 9.17) is 18.9 Å². The van der Waals surface area contributed by atoms with E-state index in [9.17, 15) is 19.5 Å². The van der Waals surface area contributed by atoms with Crippen molar-refractivity contribution in [1.82, 2.24) is 0 Å². The Hall–Kier alpha value is -1.71. The van der Waals surface area contributed by atoms with Crippen molar-refractivity contribution in [2.75, 3.05) is 47.5 Å². The van der Waals surface area contributed by atoms with Crippen LogP contribution >= 0.6 is 0 Å². The Labute approximate surface area is 434 Å². The maximum absolute atomic E-state index is 12.8. The number of quaternary nitrogens is 1. The van der Waals surface area contributed by atoms with Gasteiger partial charge in [0.2, 0.25) is 0 Å². The molecule has 2 unspecified atom stereocenters. The number of carbonyl (C=O) groups is 3. The Balaban J connectivity index is 3.90. The predicted octanol–water partition coefficient (Wildman–Crippen LogP) is 18.0. The van der Waals surface area contributed by atoms with Crippen molar-refractivity contribution >= 4 is 17.9 Å². The van der Waals surface area contributed by atoms with E-state index in [-0.39, 0.29) is 38.2 Å². The van der Waals surface area contributed by atoms with E-state index in [0.29, 0.717) is 17.4 Å². The fourth-order valence-electron chi connectivity index (χ4n) is 9.37. The highest BCUT2D eigenvalue weighted by atomic mass is 16.7. The molecule has 0 saturated carbocycles. The van der Waals surface area contributed by atoms with Crippen LogP contribution in [0.1, 0.15) is 316 Å². The lowest BCUT2D eigenvalue weighted by molar-refractivity contribution is -0.870. The molecule has 0 aliphatic rings. The Morgan fingerprint density at radius 1 is 0.371 bits per heavy atom. The number of hydrogen-bond donors (Lipinski definition) is 1. The van der Waals surface area contributed by atoms with Crippen LogP contribution in [0, 0.1) is 0 Å². The first-order valence-electron chi connectivity index (χ1n) is 30.7. The van der Waals surface area contributed by atoms with E-state index in [1.54, 1.807) is 0 Å². The monoisotopic (exact) mass is 995 g/mol. The quantitative estimate of drug-likeness (QED) is 0.0278. The van der Waals surface area contributed by atoms with Gasteiger partial charge in [0.05, 0.1) is 34.4 Å². The molecule has 0 spiro atoms. The molecule has 2 atom stereocenters. The summed E-state index contributed by atoms with van der Waals surface area (Å²) in [6, 6.07) is 0. The van der Waals surface area contributed by atoms with Gasteiger partial charge in [-0.25, -0.2) is 4.79 Å². The van der Waals surface area contributed by atoms with Crippen molar-refractivity contribution in [2.24, 2.45) is 0 Å². The number of ether oxygens (including phenoxy) is 4. The smallest absolute Gasteiger partial charge is 0.361 e. The van der Waals surface area contributed by atoms with Crippen LogP contribution in [0.25, 0.3) is 0 Å². The number of carbonyl (C=O) groups excluding carboxylic acids is 2. The number of carboxylic acids is 1. The highest BCUT2D eigenvalue weighted by molar-refractivity contribution is 5.71. The third-order valence-corrected chi connectivity index (χ3v) is 14.1. The van der Waals surface area contributed by atoms with Gasteiger partial charge in [-0.1, -0.05) is 290 Å². The second kappa shape index (κ2) is 53.6. The average Bonchev–Trinajstić information content (AvgIpc) is 3.33. The van der Waals surface area contributed by atoms with Crippen LogP contribution in [0.4, 0.5) is 0 Å². The van der Waals surface area contributed by atoms with Crippen molar-refractivity contribution in [3.05, 3.63) is 0 Å². The summed E-state index contributed by atoms with van der Waals surface area (Å²) >= 11 is 0. The van der Waals surface area contributed by atoms with Gasteiger partial charge in [-0.3, -0.25) is 9.59 Å². The van der Waals surface area contributed by atoms with E-state index >= 15 is 0 Å². The van der Waals surface area contributed by atoms with Crippen LogP contribution in [0.5, 0.6) is 0 Å². The van der Waals surface area contributed by atoms with Gasteiger partial charge in [0.1, 0.15) is 13.2 Å². The molecule has 70 heavy (non-hydrogen) atoms. The zero-order chi connectivity index (χ0) is 51.3. The first kappa shape index (κ1) is 68.3. The van der Waals surface area contributed by atoms with Gasteiger partial charge in [-0.05, 0) is 12.8 Å². The molecular weight excluding hydrogens is 875 g/mol. The number of hydrogen-bond acceptors (Lipinski definition) is 7. The molecular formula is C61H120NO8+. The third kappa shape index (κ3) is 54.1. The fourth-order valence-corrected chi connectivity index (χ4v) is 9.37. The minimum Gasteiger partial charge on any atom is -0.477 e. The van der Waals surface area contributed by atoms with Crippen molar-refractivity contribution in [2.45, 2.75) is 328 Å². The SMILES string of the molecule is CCCCCCCCCCCCCCCCCCCCCCCCCCCCCCCCCCCCCC(=O)OC(COC(=O)CCCCCCCCCCCC)COC(OCC[N+](C)(C)C)C(=O)O. The van der Waals surface area contributed by atoms with Crippen molar-refractivity contribution in [3.8, 4) is 0 Å². The molecule has 0 heterocycles. The molecule has 0 bridgehead atoms. The summed E-state index contributed by atoms with van der Waals surface area (Å²) in [7, 11) is 5.98. The molecule has 0 radical (unpaired) electrons. The van der Waals surface area contributed by atoms with Crippen LogP contribution in [-0.2, 0) is 33.3 Å². The van der Waals surface area contributed by atoms with Crippen LogP contribution in [0.2, 0.25) is 0 Å². The maximum atomic E-state index is 12.8. The number of unbranched alkanes of at least 4 members (excludes halogenated alkanes) is 43. The van der Waals surface area contributed by atoms with Gasteiger partial charge in [-0.2, -0.15) is 0 Å². The topological polar surface area (TPSA) is 108 Å². The molecule has 9 nitrogen and oxygen atoms in total. The minimum absolute atomic E-state index is 0.173. The number of aliphatic carboxylic acids is 1. The van der Waals surface area contributed by atoms with Gasteiger partial charge in [0.15, 0.2) is 6.10 Å². The molecule has 1 N–H and O–H groups in total. The van der Waals surface area contributed by atoms with Crippen molar-refractivity contribution < 1.29 is 42.9 Å². The number of rotatable bonds is 58. The Kier molecular flexibility index (Phi) is 52.3. The van der Waals surface area contributed by atoms with Gasteiger partial charge in [0.25, 0.3) is 6.29 Å². The first-order valence-corrected chi connectivity index (χ1v) is 30.7. The summed E-state index contributed by atoms with van der Waals surface area (Å²) in [6.07, 6.45) is 58.0. The lowest BCUT2D eigenvalue weighted by atomic mass is 10.0. The summed E-state index contributed by atoms with van der Waals surface area (Å²) in [5.41, 5.74) is 0. The normalized spacial score (nSPS) is 12.6. The lowest BCUT2D eigenvalue weighted by Gasteiger charge is -2.25. The Morgan fingerprint density at radius 2 is 0.643 bits per heavy atom. The molecule has 0 aromatic carbocycles. The third-order valence-electron chi connectivity index (χ3n) is 14.1. The summed E-state index contributed by atoms with van der Waals surface area (Å²) in [5.74, 6) is -1.98. The summed E-state index contributed by atoms with van der Waals surface area (Å²) in [4.78, 5) is 37.2. The molecule has 0 fully saturated rings. The van der Waals surface area contributed by atoms with E-state index in [0.717, 1.165) is 38.5 Å². The number of carboxylic acid groups (broad SMARTS) is 1. The molecule has 0 amide bonds. The molecule has 0 aliphatic heterocycles. The fraction of sp³-hybridized carbons (Fsp3) is 0.951. The van der Waals surface area contributed by atoms with Gasteiger partial charge in [0, 0.05) is 12.8 Å². The van der Waals surface area contributed by atoms with Gasteiger partial charge >= 0.3 is 17.9 Å². The second-order valence-corrected chi connectivity index (χ2v) is 22.4. The second-order valence-electron chi connectivity index (χ2n) is 22.4. The van der Waals surface area contributed by atoms with Crippen LogP contribution < -0.4 is 0 Å². The zero-order valence-corrected chi connectivity index (χ0v) is 47.5. The van der Waals surface area contributed by atoms with E-state index in [1.807, 2.05) is 21.1 Å². The summed E-state index contributed by atoms with van der Waals surface area (Å²) < 4.78 is 22.8. The van der Waals surface area contributed by atoms with Crippen LogP contribution in [0.3, 0.4) is 0 Å². The van der Waals surface area contributed by atoms with Gasteiger partial charge < -0.3 is 28.5 Å². The molecule has 0 saturated heterocycles. The number of nitrogens with zero attached hydrogens (tertiary/aromatic N) is 1. The zero-order valence-electron chi connectivity index (χ0n) is 47.5. The summed E-state index contributed by atoms with van der Waals surface area (Å²) in [5, 5.41) is 9.67. The average molecular weight is 996 g/mol. The largest absolute Gasteiger partial charge is 0.477 e. The predicted molar refractivity (Wildman–Crippen MR) is 295 cm³/mol. The number of likely N-dealkylation sites (N-methyl/N-ethyl adjacent to an activating group) is 1. The Morgan fingerprint density at radius 3 is 0.914 bits per heavy atom.